The van der Waals surface area contributed by atoms with Crippen LogP contribution >= 0.6 is 0 Å². The van der Waals surface area contributed by atoms with Crippen molar-refractivity contribution in [3.63, 3.8) is 0 Å². The number of ether oxygens (including phenoxy) is 3. The molecule has 2 heterocycles. The van der Waals surface area contributed by atoms with Gasteiger partial charge >= 0.3 is 0 Å². The summed E-state index contributed by atoms with van der Waals surface area (Å²) in [6.07, 6.45) is 5.80. The van der Waals surface area contributed by atoms with Crippen LogP contribution in [0.4, 0.5) is 0 Å². The van der Waals surface area contributed by atoms with Crippen LogP contribution in [0.5, 0.6) is 0 Å². The molecule has 0 amide bonds. The van der Waals surface area contributed by atoms with E-state index in [4.69, 9.17) is 18.6 Å². The fourth-order valence-corrected chi connectivity index (χ4v) is 5.68. The first kappa shape index (κ1) is 18.6. The van der Waals surface area contributed by atoms with Crippen LogP contribution in [0.3, 0.4) is 0 Å². The van der Waals surface area contributed by atoms with Crippen molar-refractivity contribution in [1.29, 1.82) is 0 Å². The highest BCUT2D eigenvalue weighted by atomic mass is 28.4. The van der Waals surface area contributed by atoms with Crippen LogP contribution in [0.2, 0.25) is 19.6 Å². The molecule has 0 aromatic heterocycles. The van der Waals surface area contributed by atoms with Crippen molar-refractivity contribution in [1.82, 2.24) is 0 Å². The van der Waals surface area contributed by atoms with Crippen molar-refractivity contribution in [3.05, 3.63) is 11.6 Å². The maximum Gasteiger partial charge on any atom is 0.184 e. The van der Waals surface area contributed by atoms with Gasteiger partial charge in [-0.25, -0.2) is 0 Å². The van der Waals surface area contributed by atoms with E-state index in [-0.39, 0.29) is 35.4 Å². The van der Waals surface area contributed by atoms with Crippen molar-refractivity contribution in [3.8, 4) is 0 Å². The smallest absolute Gasteiger partial charge is 0.184 e. The SMILES string of the molecule is CO[C@@H]1[C@H](O[Si](C)(C)C)CC[C@]2(CO2)[C@H]1[C@@]1(C)O[C@@H]1CC=C(C)C. The second-order valence-corrected chi connectivity index (χ2v) is 13.6. The van der Waals surface area contributed by atoms with E-state index in [1.165, 1.54) is 5.57 Å². The van der Waals surface area contributed by atoms with Crippen molar-refractivity contribution in [2.75, 3.05) is 13.7 Å². The van der Waals surface area contributed by atoms with E-state index < -0.39 is 8.32 Å². The van der Waals surface area contributed by atoms with E-state index in [0.717, 1.165) is 25.9 Å². The first-order valence-corrected chi connectivity index (χ1v) is 12.7. The van der Waals surface area contributed by atoms with Gasteiger partial charge in [-0.15, -0.1) is 0 Å². The lowest BCUT2D eigenvalue weighted by atomic mass is 9.68. The topological polar surface area (TPSA) is 43.5 Å². The van der Waals surface area contributed by atoms with Gasteiger partial charge in [-0.2, -0.15) is 0 Å². The van der Waals surface area contributed by atoms with Gasteiger partial charge in [0, 0.05) is 7.11 Å². The average molecular weight is 355 g/mol. The molecule has 2 aliphatic heterocycles. The molecule has 0 N–H and O–H groups in total. The van der Waals surface area contributed by atoms with Crippen LogP contribution in [0.25, 0.3) is 0 Å². The van der Waals surface area contributed by atoms with Gasteiger partial charge in [-0.1, -0.05) is 11.6 Å². The van der Waals surface area contributed by atoms with E-state index in [1.807, 2.05) is 7.11 Å². The van der Waals surface area contributed by atoms with E-state index in [9.17, 15) is 0 Å². The zero-order valence-corrected chi connectivity index (χ0v) is 17.3. The number of hydrogen-bond donors (Lipinski definition) is 0. The Hall–Kier alpha value is -0.203. The van der Waals surface area contributed by atoms with E-state index in [0.29, 0.717) is 0 Å². The molecular formula is C19H34O4Si. The quantitative estimate of drug-likeness (QED) is 0.412. The maximum atomic E-state index is 6.48. The first-order chi connectivity index (χ1) is 11.1. The predicted octanol–water partition coefficient (Wildman–Crippen LogP) is 3.91. The van der Waals surface area contributed by atoms with Crippen LogP contribution < -0.4 is 0 Å². The lowest BCUT2D eigenvalue weighted by Crippen LogP contribution is -2.56. The maximum absolute atomic E-state index is 6.48. The molecule has 138 valence electrons. The Kier molecular flexibility index (Phi) is 4.80. The number of allylic oxidation sites excluding steroid dienone is 1. The highest BCUT2D eigenvalue weighted by Crippen LogP contribution is 2.59. The minimum Gasteiger partial charge on any atom is -0.412 e. The minimum atomic E-state index is -1.62. The van der Waals surface area contributed by atoms with Gasteiger partial charge in [0.15, 0.2) is 8.32 Å². The zero-order valence-electron chi connectivity index (χ0n) is 16.3. The van der Waals surface area contributed by atoms with Gasteiger partial charge in [-0.3, -0.25) is 0 Å². The number of rotatable bonds is 6. The van der Waals surface area contributed by atoms with E-state index in [1.54, 1.807) is 0 Å². The van der Waals surface area contributed by atoms with Gasteiger partial charge < -0.3 is 18.6 Å². The van der Waals surface area contributed by atoms with Gasteiger partial charge in [0.2, 0.25) is 0 Å². The Labute approximate surface area is 148 Å². The summed E-state index contributed by atoms with van der Waals surface area (Å²) in [4.78, 5) is 0. The molecule has 6 atom stereocenters. The largest absolute Gasteiger partial charge is 0.412 e. The molecular weight excluding hydrogens is 320 g/mol. The lowest BCUT2D eigenvalue weighted by molar-refractivity contribution is -0.109. The second kappa shape index (κ2) is 6.20. The normalized spacial score (nSPS) is 44.5. The monoisotopic (exact) mass is 354 g/mol. The van der Waals surface area contributed by atoms with Gasteiger partial charge in [0.25, 0.3) is 0 Å². The molecule has 0 radical (unpaired) electrons. The molecule has 4 nitrogen and oxygen atoms in total. The van der Waals surface area contributed by atoms with Crippen LogP contribution in [0.15, 0.2) is 11.6 Å². The standard InChI is InChI=1S/C19H34O4Si/c1-13(2)8-9-15-18(3,22-15)17-16(20-4)14(23-24(5,6)7)10-11-19(17)12-21-19/h8,14-17H,9-12H2,1-7H3/t14-,15-,16-,17-,18+,19+/m1/s1. The lowest BCUT2D eigenvalue weighted by Gasteiger charge is -2.45. The Balaban J connectivity index is 1.79. The fraction of sp³-hybridized carbons (Fsp3) is 0.895. The van der Waals surface area contributed by atoms with E-state index >= 15 is 0 Å². The third-order valence-corrected chi connectivity index (χ3v) is 6.75. The summed E-state index contributed by atoms with van der Waals surface area (Å²) in [5.41, 5.74) is 1.14. The second-order valence-electron chi connectivity index (χ2n) is 9.15. The van der Waals surface area contributed by atoms with Crippen LogP contribution in [0.1, 0.15) is 40.0 Å². The molecule has 3 aliphatic rings. The summed E-state index contributed by atoms with van der Waals surface area (Å²) in [7, 11) is 0.201. The van der Waals surface area contributed by atoms with Crippen LogP contribution in [-0.4, -0.2) is 51.5 Å². The van der Waals surface area contributed by atoms with Gasteiger partial charge in [0.1, 0.15) is 5.60 Å². The summed E-state index contributed by atoms with van der Waals surface area (Å²) >= 11 is 0. The molecule has 1 saturated carbocycles. The molecule has 1 aliphatic carbocycles. The Morgan fingerprint density at radius 2 is 1.96 bits per heavy atom. The Morgan fingerprint density at radius 3 is 2.46 bits per heavy atom. The molecule has 0 bridgehead atoms. The summed E-state index contributed by atoms with van der Waals surface area (Å²) in [6.45, 7) is 14.1. The van der Waals surface area contributed by atoms with Crippen LogP contribution in [-0.2, 0) is 18.6 Å². The van der Waals surface area contributed by atoms with Crippen molar-refractivity contribution in [2.45, 2.75) is 89.2 Å². The van der Waals surface area contributed by atoms with Crippen molar-refractivity contribution >= 4 is 8.32 Å². The molecule has 24 heavy (non-hydrogen) atoms. The number of methoxy groups -OCH3 is 1. The van der Waals surface area contributed by atoms with Gasteiger partial charge in [0.05, 0.1) is 36.4 Å². The predicted molar refractivity (Wildman–Crippen MR) is 97.7 cm³/mol. The van der Waals surface area contributed by atoms with Crippen molar-refractivity contribution < 1.29 is 18.6 Å². The molecule has 0 aromatic rings. The summed E-state index contributed by atoms with van der Waals surface area (Å²) in [5, 5.41) is 0. The Morgan fingerprint density at radius 1 is 1.29 bits per heavy atom. The third kappa shape index (κ3) is 3.51. The zero-order chi connectivity index (χ0) is 17.8. The molecule has 1 spiro atoms. The average Bonchev–Trinajstić information content (AvgIpc) is 3.36. The number of epoxide rings is 2. The highest BCUT2D eigenvalue weighted by molar-refractivity contribution is 6.69. The molecule has 2 saturated heterocycles. The molecule has 0 unspecified atom stereocenters. The van der Waals surface area contributed by atoms with Crippen LogP contribution in [0, 0.1) is 5.92 Å². The van der Waals surface area contributed by atoms with E-state index in [2.05, 4.69) is 46.5 Å². The fourth-order valence-electron chi connectivity index (χ4n) is 4.52. The summed E-state index contributed by atoms with van der Waals surface area (Å²) < 4.78 is 24.7. The third-order valence-electron chi connectivity index (χ3n) is 5.74. The van der Waals surface area contributed by atoms with Gasteiger partial charge in [-0.05, 0) is 59.7 Å². The molecule has 3 fully saturated rings. The van der Waals surface area contributed by atoms with Crippen molar-refractivity contribution in [2.24, 2.45) is 5.92 Å². The highest BCUT2D eigenvalue weighted by Gasteiger charge is 2.72. The first-order valence-electron chi connectivity index (χ1n) is 9.27. The molecule has 0 aromatic carbocycles. The summed E-state index contributed by atoms with van der Waals surface area (Å²) in [6, 6.07) is 0. The molecule has 5 heteroatoms. The summed E-state index contributed by atoms with van der Waals surface area (Å²) in [5.74, 6) is 0.251. The Bertz CT molecular complexity index is 504. The number of hydrogen-bond acceptors (Lipinski definition) is 4. The minimum absolute atomic E-state index is 0.0472. The molecule has 3 rings (SSSR count).